The van der Waals surface area contributed by atoms with Gasteiger partial charge in [-0.1, -0.05) is 152 Å². The lowest BCUT2D eigenvalue weighted by molar-refractivity contribution is 1.15. The summed E-state index contributed by atoms with van der Waals surface area (Å²) < 4.78 is 7.40. The number of fused-ring (bicyclic) bond motifs is 10. The minimum Gasteiger partial charge on any atom is -0.309 e. The molecule has 9 aromatic carbocycles. The topological polar surface area (TPSA) is 14.8 Å². The number of benzene rings is 9. The van der Waals surface area contributed by atoms with Crippen molar-refractivity contribution in [1.82, 2.24) is 13.7 Å². The highest BCUT2D eigenvalue weighted by molar-refractivity contribution is 6.24. The summed E-state index contributed by atoms with van der Waals surface area (Å²) in [6.45, 7) is 0. The molecule has 0 fully saturated rings. The van der Waals surface area contributed by atoms with Crippen molar-refractivity contribution in [2.45, 2.75) is 0 Å². The average molecular weight is 726 g/mol. The molecule has 0 bridgehead atoms. The van der Waals surface area contributed by atoms with Crippen LogP contribution in [0, 0.1) is 0 Å². The van der Waals surface area contributed by atoms with Crippen LogP contribution in [0.5, 0.6) is 0 Å². The Bertz CT molecular complexity index is 3490. The van der Waals surface area contributed by atoms with E-state index < -0.39 is 0 Å². The largest absolute Gasteiger partial charge is 0.309 e. The number of nitrogens with zero attached hydrogens (tertiary/aromatic N) is 3. The van der Waals surface area contributed by atoms with Crippen molar-refractivity contribution >= 4 is 65.4 Å². The standard InChI is InChI=1S/C54H35N3/c1-3-14-36(15-4-1)38-26-28-40(29-27-38)55-49-23-10-9-22-45(49)48-35-42(30-33-52(48)55)57-51-25-12-8-21-44(51)47-32-31-46-43-20-7-11-24-50(43)56(53(46)54(47)57)41-19-13-18-39(34-41)37-16-5-2-6-17-37/h1-35H. The Morgan fingerprint density at radius 3 is 1.23 bits per heavy atom. The highest BCUT2D eigenvalue weighted by atomic mass is 15.0. The van der Waals surface area contributed by atoms with Crippen LogP contribution in [0.25, 0.3) is 105 Å². The van der Waals surface area contributed by atoms with Gasteiger partial charge in [0.1, 0.15) is 0 Å². The molecule has 3 heteroatoms. The summed E-state index contributed by atoms with van der Waals surface area (Å²) in [6, 6.07) is 77.4. The fourth-order valence-corrected chi connectivity index (χ4v) is 9.30. The molecule has 0 atom stereocenters. The summed E-state index contributed by atoms with van der Waals surface area (Å²) in [4.78, 5) is 0. The molecular weight excluding hydrogens is 691 g/mol. The third kappa shape index (κ3) is 4.79. The molecule has 12 aromatic rings. The molecule has 12 rings (SSSR count). The van der Waals surface area contributed by atoms with Crippen molar-refractivity contribution in [3.63, 3.8) is 0 Å². The summed E-state index contributed by atoms with van der Waals surface area (Å²) in [5, 5.41) is 7.42. The molecule has 3 nitrogen and oxygen atoms in total. The van der Waals surface area contributed by atoms with E-state index in [-0.39, 0.29) is 0 Å². The van der Waals surface area contributed by atoms with Crippen LogP contribution in [-0.2, 0) is 0 Å². The highest BCUT2D eigenvalue weighted by Gasteiger charge is 2.22. The Balaban J connectivity index is 1.13. The average Bonchev–Trinajstić information content (AvgIpc) is 3.93. The molecule has 0 aliphatic rings. The van der Waals surface area contributed by atoms with E-state index in [1.54, 1.807) is 0 Å². The van der Waals surface area contributed by atoms with E-state index in [1.807, 2.05) is 0 Å². The van der Waals surface area contributed by atoms with Crippen molar-refractivity contribution in [1.29, 1.82) is 0 Å². The van der Waals surface area contributed by atoms with E-state index in [4.69, 9.17) is 0 Å². The van der Waals surface area contributed by atoms with Crippen LogP contribution in [0.4, 0.5) is 0 Å². The third-order valence-electron chi connectivity index (χ3n) is 11.8. The second-order valence-electron chi connectivity index (χ2n) is 14.9. The van der Waals surface area contributed by atoms with Crippen molar-refractivity contribution in [2.24, 2.45) is 0 Å². The zero-order valence-electron chi connectivity index (χ0n) is 31.0. The van der Waals surface area contributed by atoms with Crippen molar-refractivity contribution in [3.8, 4) is 39.3 Å². The Morgan fingerprint density at radius 2 is 0.632 bits per heavy atom. The van der Waals surface area contributed by atoms with Crippen molar-refractivity contribution in [2.75, 3.05) is 0 Å². The number of hydrogen-bond donors (Lipinski definition) is 0. The lowest BCUT2D eigenvalue weighted by Crippen LogP contribution is -1.99. The van der Waals surface area contributed by atoms with Gasteiger partial charge in [-0.05, 0) is 82.9 Å². The first-order valence-electron chi connectivity index (χ1n) is 19.6. The van der Waals surface area contributed by atoms with Crippen LogP contribution in [0.2, 0.25) is 0 Å². The molecule has 0 saturated heterocycles. The zero-order chi connectivity index (χ0) is 37.5. The molecule has 266 valence electrons. The zero-order valence-corrected chi connectivity index (χ0v) is 31.0. The summed E-state index contributed by atoms with van der Waals surface area (Å²) in [5.74, 6) is 0. The predicted octanol–water partition coefficient (Wildman–Crippen LogP) is 14.3. The van der Waals surface area contributed by atoms with Crippen LogP contribution >= 0.6 is 0 Å². The van der Waals surface area contributed by atoms with Gasteiger partial charge in [-0.2, -0.15) is 0 Å². The Labute approximate surface area is 329 Å². The molecule has 0 radical (unpaired) electrons. The Morgan fingerprint density at radius 1 is 0.211 bits per heavy atom. The summed E-state index contributed by atoms with van der Waals surface area (Å²) >= 11 is 0. The second kappa shape index (κ2) is 12.5. The quantitative estimate of drug-likeness (QED) is 0.168. The summed E-state index contributed by atoms with van der Waals surface area (Å²) in [6.07, 6.45) is 0. The molecule has 0 saturated carbocycles. The molecule has 0 aliphatic heterocycles. The van der Waals surface area contributed by atoms with Gasteiger partial charge in [-0.25, -0.2) is 0 Å². The van der Waals surface area contributed by atoms with E-state index >= 15 is 0 Å². The van der Waals surface area contributed by atoms with E-state index in [0.717, 1.165) is 17.1 Å². The van der Waals surface area contributed by atoms with E-state index in [0.29, 0.717) is 0 Å². The Hall–Kier alpha value is -7.62. The maximum absolute atomic E-state index is 2.50. The lowest BCUT2D eigenvalue weighted by Gasteiger charge is -2.14. The van der Waals surface area contributed by atoms with Crippen LogP contribution in [-0.4, -0.2) is 13.7 Å². The molecule has 3 heterocycles. The van der Waals surface area contributed by atoms with Gasteiger partial charge < -0.3 is 13.7 Å². The highest BCUT2D eigenvalue weighted by Crippen LogP contribution is 2.43. The fourth-order valence-electron chi connectivity index (χ4n) is 9.30. The molecule has 0 unspecified atom stereocenters. The van der Waals surface area contributed by atoms with E-state index in [9.17, 15) is 0 Å². The van der Waals surface area contributed by atoms with Gasteiger partial charge >= 0.3 is 0 Å². The van der Waals surface area contributed by atoms with Gasteiger partial charge in [-0.3, -0.25) is 0 Å². The van der Waals surface area contributed by atoms with Gasteiger partial charge in [-0.15, -0.1) is 0 Å². The second-order valence-corrected chi connectivity index (χ2v) is 14.9. The maximum Gasteiger partial charge on any atom is 0.0788 e. The van der Waals surface area contributed by atoms with Crippen LogP contribution in [0.1, 0.15) is 0 Å². The van der Waals surface area contributed by atoms with E-state index in [1.165, 1.54) is 87.7 Å². The first kappa shape index (κ1) is 31.7. The predicted molar refractivity (Wildman–Crippen MR) is 240 cm³/mol. The third-order valence-corrected chi connectivity index (χ3v) is 11.8. The monoisotopic (exact) mass is 725 g/mol. The molecular formula is C54H35N3. The number of aromatic nitrogens is 3. The van der Waals surface area contributed by atoms with Crippen LogP contribution in [0.15, 0.2) is 212 Å². The molecule has 3 aromatic heterocycles. The lowest BCUT2D eigenvalue weighted by atomic mass is 10.1. The van der Waals surface area contributed by atoms with Crippen LogP contribution < -0.4 is 0 Å². The normalized spacial score (nSPS) is 11.9. The smallest absolute Gasteiger partial charge is 0.0788 e. The van der Waals surface area contributed by atoms with Crippen molar-refractivity contribution < 1.29 is 0 Å². The van der Waals surface area contributed by atoms with Gasteiger partial charge in [0.25, 0.3) is 0 Å². The number of hydrogen-bond acceptors (Lipinski definition) is 0. The number of para-hydroxylation sites is 3. The number of rotatable bonds is 5. The molecule has 0 aliphatic carbocycles. The minimum atomic E-state index is 1.14. The fraction of sp³-hybridized carbons (Fsp3) is 0. The molecule has 0 N–H and O–H groups in total. The summed E-state index contributed by atoms with van der Waals surface area (Å²) in [5.41, 5.74) is 15.4. The van der Waals surface area contributed by atoms with Crippen LogP contribution in [0.3, 0.4) is 0 Å². The van der Waals surface area contributed by atoms with Gasteiger partial charge in [0, 0.05) is 49.4 Å². The molecule has 57 heavy (non-hydrogen) atoms. The first-order chi connectivity index (χ1) is 28.3. The van der Waals surface area contributed by atoms with Gasteiger partial charge in [0.2, 0.25) is 0 Å². The summed E-state index contributed by atoms with van der Waals surface area (Å²) in [7, 11) is 0. The Kier molecular flexibility index (Phi) is 6.93. The SMILES string of the molecule is c1ccc(-c2ccc(-n3c4ccccc4c4cc(-n5c6ccccc6c6ccc7c8ccccc8n(-c8cccc(-c9ccccc9)c8)c7c65)ccc43)cc2)cc1. The maximum atomic E-state index is 2.50. The first-order valence-corrected chi connectivity index (χ1v) is 19.6. The van der Waals surface area contributed by atoms with Crippen molar-refractivity contribution in [3.05, 3.63) is 212 Å². The minimum absolute atomic E-state index is 1.14. The molecule has 0 amide bonds. The van der Waals surface area contributed by atoms with E-state index in [2.05, 4.69) is 226 Å². The van der Waals surface area contributed by atoms with Gasteiger partial charge in [0.15, 0.2) is 0 Å². The van der Waals surface area contributed by atoms with Gasteiger partial charge in [0.05, 0.1) is 33.1 Å². The molecule has 0 spiro atoms.